The van der Waals surface area contributed by atoms with Crippen molar-refractivity contribution in [3.63, 3.8) is 0 Å². The van der Waals surface area contributed by atoms with E-state index in [1.54, 1.807) is 24.3 Å². The first kappa shape index (κ1) is 17.3. The fourth-order valence-electron chi connectivity index (χ4n) is 1.37. The highest BCUT2D eigenvalue weighted by Gasteiger charge is 2.31. The molecular formula is C12H8BrF3N2O2S. The fraction of sp³-hybridized carbons (Fsp3) is 0.0833. The molecule has 0 fully saturated rings. The number of pyridine rings is 1. The Balaban J connectivity index is 0.000000677. The predicted molar refractivity (Wildman–Crippen MR) is 75.6 cm³/mol. The van der Waals surface area contributed by atoms with E-state index < -0.39 is 23.3 Å². The van der Waals surface area contributed by atoms with E-state index in [9.17, 15) is 13.2 Å². The van der Waals surface area contributed by atoms with Crippen LogP contribution in [0.4, 0.5) is 24.5 Å². The van der Waals surface area contributed by atoms with Crippen molar-refractivity contribution < 1.29 is 21.6 Å². The number of hydrogen-bond acceptors (Lipinski definition) is 4. The highest BCUT2D eigenvalue weighted by Crippen LogP contribution is 2.33. The fourth-order valence-corrected chi connectivity index (χ4v) is 1.68. The lowest BCUT2D eigenvalue weighted by atomic mass is 10.2. The van der Waals surface area contributed by atoms with Gasteiger partial charge in [-0.15, -0.1) is 0 Å². The Kier molecular flexibility index (Phi) is 6.50. The van der Waals surface area contributed by atoms with Crippen molar-refractivity contribution in [2.24, 2.45) is 0 Å². The van der Waals surface area contributed by atoms with Crippen molar-refractivity contribution in [3.8, 4) is 0 Å². The highest BCUT2D eigenvalue weighted by molar-refractivity contribution is 9.10. The van der Waals surface area contributed by atoms with E-state index in [4.69, 9.17) is 8.42 Å². The van der Waals surface area contributed by atoms with Crippen molar-refractivity contribution in [1.29, 1.82) is 0 Å². The molecule has 0 aliphatic heterocycles. The summed E-state index contributed by atoms with van der Waals surface area (Å²) in [6, 6.07) is 9.93. The summed E-state index contributed by atoms with van der Waals surface area (Å²) in [7, 11) is 0. The van der Waals surface area contributed by atoms with Gasteiger partial charge in [-0.1, -0.05) is 18.2 Å². The highest BCUT2D eigenvalue weighted by atomic mass is 79.9. The second kappa shape index (κ2) is 7.89. The molecule has 1 N–H and O–H groups in total. The van der Waals surface area contributed by atoms with Gasteiger partial charge in [-0.25, -0.2) is 4.98 Å². The first-order valence-electron chi connectivity index (χ1n) is 5.35. The van der Waals surface area contributed by atoms with Crippen LogP contribution >= 0.6 is 15.9 Å². The monoisotopic (exact) mass is 380 g/mol. The summed E-state index contributed by atoms with van der Waals surface area (Å²) in [5.41, 5.74) is 0.180. The summed E-state index contributed by atoms with van der Waals surface area (Å²) in [5.74, 6) is 0. The molecule has 112 valence electrons. The SMILES string of the molecule is FC(F)(F)c1cnc(Br)c(Nc2ccccc2)c1.O=S=O. The maximum Gasteiger partial charge on any atom is 0.417 e. The third-order valence-electron chi connectivity index (χ3n) is 2.22. The third kappa shape index (κ3) is 5.64. The van der Waals surface area contributed by atoms with E-state index >= 15 is 0 Å². The smallest absolute Gasteiger partial charge is 0.353 e. The van der Waals surface area contributed by atoms with Crippen LogP contribution in [-0.4, -0.2) is 13.4 Å². The number of aromatic nitrogens is 1. The molecule has 9 heteroatoms. The normalized spacial score (nSPS) is 10.3. The van der Waals surface area contributed by atoms with Gasteiger partial charge in [-0.2, -0.15) is 21.6 Å². The average molecular weight is 381 g/mol. The summed E-state index contributed by atoms with van der Waals surface area (Å²) in [6.45, 7) is 0. The van der Waals surface area contributed by atoms with Crippen LogP contribution < -0.4 is 5.32 Å². The number of hydrogen-bond donors (Lipinski definition) is 1. The second-order valence-corrected chi connectivity index (χ2v) is 4.51. The Labute approximate surface area is 130 Å². The number of nitrogens with zero attached hydrogens (tertiary/aromatic N) is 1. The van der Waals surface area contributed by atoms with E-state index in [0.717, 1.165) is 12.3 Å². The summed E-state index contributed by atoms with van der Waals surface area (Å²) in [6.07, 6.45) is -3.61. The summed E-state index contributed by atoms with van der Waals surface area (Å²) >= 11 is 2.36. The van der Waals surface area contributed by atoms with Gasteiger partial charge in [0.15, 0.2) is 0 Å². The molecular weight excluding hydrogens is 373 g/mol. The number of benzene rings is 1. The topological polar surface area (TPSA) is 59.1 Å². The molecule has 4 nitrogen and oxygen atoms in total. The lowest BCUT2D eigenvalue weighted by Crippen LogP contribution is -2.06. The second-order valence-electron chi connectivity index (χ2n) is 3.62. The van der Waals surface area contributed by atoms with Gasteiger partial charge < -0.3 is 5.32 Å². The van der Waals surface area contributed by atoms with E-state index in [1.807, 2.05) is 6.07 Å². The van der Waals surface area contributed by atoms with E-state index in [1.165, 1.54) is 0 Å². The minimum Gasteiger partial charge on any atom is -0.353 e. The molecule has 0 radical (unpaired) electrons. The lowest BCUT2D eigenvalue weighted by Gasteiger charge is -2.11. The van der Waals surface area contributed by atoms with Crippen LogP contribution in [0.3, 0.4) is 0 Å². The zero-order valence-corrected chi connectivity index (χ0v) is 12.6. The molecule has 0 aliphatic rings. The van der Waals surface area contributed by atoms with Gasteiger partial charge in [0.25, 0.3) is 0 Å². The number of alkyl halides is 3. The number of para-hydroxylation sites is 1. The number of halogens is 4. The van der Waals surface area contributed by atoms with Gasteiger partial charge in [-0.3, -0.25) is 0 Å². The molecule has 0 atom stereocenters. The molecule has 0 bridgehead atoms. The molecule has 1 heterocycles. The Bertz CT molecular complexity index is 632. The molecule has 0 aliphatic carbocycles. The number of nitrogens with one attached hydrogen (secondary N) is 1. The van der Waals surface area contributed by atoms with Gasteiger partial charge in [0.1, 0.15) is 4.60 Å². The predicted octanol–water partition coefficient (Wildman–Crippen LogP) is 3.94. The molecule has 2 aromatic rings. The van der Waals surface area contributed by atoms with Crippen LogP contribution in [0.1, 0.15) is 5.56 Å². The van der Waals surface area contributed by atoms with Crippen LogP contribution in [0.5, 0.6) is 0 Å². The summed E-state index contributed by atoms with van der Waals surface area (Å²) in [5, 5.41) is 2.88. The average Bonchev–Trinajstić information content (AvgIpc) is 2.42. The molecule has 1 aromatic carbocycles. The van der Waals surface area contributed by atoms with Crippen molar-refractivity contribution in [3.05, 3.63) is 52.8 Å². The summed E-state index contributed by atoms with van der Waals surface area (Å²) < 4.78 is 54.6. The minimum absolute atomic E-state index is 0.274. The molecule has 1 aromatic heterocycles. The van der Waals surface area contributed by atoms with Gasteiger partial charge in [0, 0.05) is 11.9 Å². The first-order chi connectivity index (χ1) is 9.88. The molecule has 21 heavy (non-hydrogen) atoms. The van der Waals surface area contributed by atoms with Crippen molar-refractivity contribution in [1.82, 2.24) is 4.98 Å². The van der Waals surface area contributed by atoms with Crippen molar-refractivity contribution in [2.45, 2.75) is 6.18 Å². The quantitative estimate of drug-likeness (QED) is 0.801. The minimum atomic E-state index is -4.40. The van der Waals surface area contributed by atoms with Gasteiger partial charge in [-0.05, 0) is 34.1 Å². The van der Waals surface area contributed by atoms with Gasteiger partial charge in [0.05, 0.1) is 11.3 Å². The van der Waals surface area contributed by atoms with Crippen LogP contribution in [0, 0.1) is 0 Å². The Morgan fingerprint density at radius 2 is 1.71 bits per heavy atom. The van der Waals surface area contributed by atoms with Crippen molar-refractivity contribution in [2.75, 3.05) is 5.32 Å². The Morgan fingerprint density at radius 1 is 1.14 bits per heavy atom. The number of anilines is 2. The van der Waals surface area contributed by atoms with Crippen LogP contribution in [-0.2, 0) is 17.7 Å². The Morgan fingerprint density at radius 3 is 2.24 bits per heavy atom. The molecule has 0 unspecified atom stereocenters. The van der Waals surface area contributed by atoms with Crippen LogP contribution in [0.2, 0.25) is 0 Å². The van der Waals surface area contributed by atoms with E-state index in [0.29, 0.717) is 10.3 Å². The van der Waals surface area contributed by atoms with Gasteiger partial charge in [0.2, 0.25) is 0 Å². The Hall–Kier alpha value is -1.74. The number of rotatable bonds is 2. The zero-order valence-electron chi connectivity index (χ0n) is 10.2. The largest absolute Gasteiger partial charge is 0.417 e. The molecule has 0 spiro atoms. The molecule has 0 saturated carbocycles. The molecule has 0 amide bonds. The maximum atomic E-state index is 12.6. The van der Waals surface area contributed by atoms with E-state index in [-0.39, 0.29) is 5.69 Å². The lowest BCUT2D eigenvalue weighted by molar-refractivity contribution is -0.137. The standard InChI is InChI=1S/C12H8BrF3N2.O2S/c13-11-10(18-9-4-2-1-3-5-9)6-8(7-17-11)12(14,15)16;1-3-2/h1-7,18H;. The molecule has 2 rings (SSSR count). The first-order valence-corrected chi connectivity index (χ1v) is 6.81. The van der Waals surface area contributed by atoms with Crippen LogP contribution in [0.25, 0.3) is 0 Å². The third-order valence-corrected chi connectivity index (χ3v) is 2.85. The van der Waals surface area contributed by atoms with Crippen LogP contribution in [0.15, 0.2) is 47.2 Å². The molecule has 0 saturated heterocycles. The zero-order chi connectivity index (χ0) is 15.9. The van der Waals surface area contributed by atoms with E-state index in [2.05, 4.69) is 26.2 Å². The summed E-state index contributed by atoms with van der Waals surface area (Å²) in [4.78, 5) is 3.68. The maximum absolute atomic E-state index is 12.6. The van der Waals surface area contributed by atoms with Crippen molar-refractivity contribution >= 4 is 38.9 Å². The van der Waals surface area contributed by atoms with Gasteiger partial charge >= 0.3 is 17.7 Å².